The van der Waals surface area contributed by atoms with Gasteiger partial charge in [-0.2, -0.15) is 0 Å². The van der Waals surface area contributed by atoms with Crippen molar-refractivity contribution in [3.05, 3.63) is 138 Å². The monoisotopic (exact) mass is 452 g/mol. The number of aliphatic imine (C=N–C) groups is 2. The van der Waals surface area contributed by atoms with E-state index >= 15 is 0 Å². The van der Waals surface area contributed by atoms with Crippen LogP contribution in [0.5, 0.6) is 0 Å². The number of allylic oxidation sites excluding steroid dienone is 2. The zero-order valence-corrected chi connectivity index (χ0v) is 19.1. The lowest BCUT2D eigenvalue weighted by Gasteiger charge is -2.33. The van der Waals surface area contributed by atoms with Crippen molar-refractivity contribution in [3.8, 4) is 0 Å². The first-order valence-corrected chi connectivity index (χ1v) is 12.1. The molecule has 3 atom stereocenters. The van der Waals surface area contributed by atoms with Crippen LogP contribution in [-0.4, -0.2) is 17.8 Å². The maximum Gasteiger partial charge on any atom is 0.207 e. The van der Waals surface area contributed by atoms with Crippen LogP contribution in [0, 0.1) is 0 Å². The Morgan fingerprint density at radius 3 is 2.29 bits per heavy atom. The predicted octanol–water partition coefficient (Wildman–Crippen LogP) is 6.34. The average Bonchev–Trinajstić information content (AvgIpc) is 3.29. The largest absolute Gasteiger partial charge is 0.310 e. The summed E-state index contributed by atoms with van der Waals surface area (Å²) in [6, 6.07) is 33.9. The molecule has 3 unspecified atom stereocenters. The second-order valence-corrected chi connectivity index (χ2v) is 9.08. The third-order valence-corrected chi connectivity index (χ3v) is 7.04. The van der Waals surface area contributed by atoms with Crippen molar-refractivity contribution in [1.29, 1.82) is 0 Å². The number of benzene rings is 4. The van der Waals surface area contributed by atoms with Gasteiger partial charge in [0.2, 0.25) is 5.96 Å². The molecule has 0 fully saturated rings. The van der Waals surface area contributed by atoms with E-state index < -0.39 is 0 Å². The molecular weight excluding hydrogens is 428 g/mol. The normalized spacial score (nSPS) is 22.3. The molecule has 0 aromatic heterocycles. The number of hydrogen-bond donors (Lipinski definition) is 1. The topological polar surface area (TPSA) is 40.0 Å². The molecule has 2 aliphatic heterocycles. The molecule has 1 aliphatic carbocycles. The smallest absolute Gasteiger partial charge is 0.207 e. The van der Waals surface area contributed by atoms with E-state index in [1.54, 1.807) is 0 Å². The first kappa shape index (κ1) is 20.0. The molecule has 0 spiro atoms. The van der Waals surface area contributed by atoms with Crippen LogP contribution in [0.25, 0.3) is 10.8 Å². The maximum atomic E-state index is 5.17. The summed E-state index contributed by atoms with van der Waals surface area (Å²) in [5.74, 6) is 1.93. The quantitative estimate of drug-likeness (QED) is 0.385. The molecule has 7 rings (SSSR count). The molecule has 4 aromatic rings. The van der Waals surface area contributed by atoms with Crippen LogP contribution in [0.1, 0.15) is 28.8 Å². The molecule has 4 nitrogen and oxygen atoms in total. The zero-order chi connectivity index (χ0) is 23.2. The van der Waals surface area contributed by atoms with Crippen molar-refractivity contribution in [1.82, 2.24) is 5.32 Å². The summed E-state index contributed by atoms with van der Waals surface area (Å²) in [5.41, 5.74) is 4.68. The van der Waals surface area contributed by atoms with Crippen LogP contribution < -0.4 is 10.2 Å². The second-order valence-electron chi connectivity index (χ2n) is 9.08. The number of nitrogens with one attached hydrogen (secondary N) is 1. The van der Waals surface area contributed by atoms with Crippen LogP contribution >= 0.6 is 0 Å². The fourth-order valence-electron chi connectivity index (χ4n) is 5.45. The highest BCUT2D eigenvalue weighted by atomic mass is 15.4. The van der Waals surface area contributed by atoms with E-state index in [0.717, 1.165) is 22.9 Å². The molecular formula is C31H24N4. The number of fused-ring (bicyclic) bond motifs is 5. The third kappa shape index (κ3) is 3.29. The Morgan fingerprint density at radius 1 is 0.686 bits per heavy atom. The summed E-state index contributed by atoms with van der Waals surface area (Å²) in [7, 11) is 0. The molecule has 1 N–H and O–H groups in total. The van der Waals surface area contributed by atoms with E-state index in [-0.39, 0.29) is 18.1 Å². The van der Waals surface area contributed by atoms with Gasteiger partial charge in [0.25, 0.3) is 0 Å². The zero-order valence-electron chi connectivity index (χ0n) is 19.1. The minimum absolute atomic E-state index is 0.151. The van der Waals surface area contributed by atoms with Gasteiger partial charge in [0.1, 0.15) is 5.84 Å². The van der Waals surface area contributed by atoms with Gasteiger partial charge in [-0.05, 0) is 28.0 Å². The van der Waals surface area contributed by atoms with Crippen LogP contribution in [-0.2, 0) is 0 Å². The number of rotatable bonds is 2. The van der Waals surface area contributed by atoms with Gasteiger partial charge in [-0.3, -0.25) is 0 Å². The van der Waals surface area contributed by atoms with E-state index in [9.17, 15) is 0 Å². The number of amidine groups is 1. The molecule has 0 saturated heterocycles. The summed E-state index contributed by atoms with van der Waals surface area (Å²) in [6.45, 7) is 0. The Labute approximate surface area is 204 Å². The van der Waals surface area contributed by atoms with Gasteiger partial charge in [-0.15, -0.1) is 0 Å². The van der Waals surface area contributed by atoms with E-state index in [1.807, 2.05) is 36.4 Å². The van der Waals surface area contributed by atoms with Crippen molar-refractivity contribution in [2.24, 2.45) is 9.98 Å². The molecule has 4 aromatic carbocycles. The van der Waals surface area contributed by atoms with E-state index in [2.05, 4.69) is 95.2 Å². The lowest BCUT2D eigenvalue weighted by atomic mass is 9.88. The number of nitrogens with zero attached hydrogens (tertiary/aromatic N) is 3. The van der Waals surface area contributed by atoms with Crippen molar-refractivity contribution in [3.63, 3.8) is 0 Å². The SMILES string of the molecule is C1=CC2c3c(ccc4ccccc34)N(C3=NC(c4ccccc4)N=C(c4ccccc4)N3)C2C=C1. The first-order chi connectivity index (χ1) is 17.4. The van der Waals surface area contributed by atoms with Crippen LogP contribution in [0.3, 0.4) is 0 Å². The number of guanidine groups is 1. The van der Waals surface area contributed by atoms with E-state index in [0.29, 0.717) is 0 Å². The Balaban J connectivity index is 1.40. The van der Waals surface area contributed by atoms with E-state index in [1.165, 1.54) is 22.0 Å². The van der Waals surface area contributed by atoms with Gasteiger partial charge in [0, 0.05) is 17.2 Å². The Morgan fingerprint density at radius 2 is 1.43 bits per heavy atom. The second kappa shape index (κ2) is 8.10. The number of hydrogen-bond acceptors (Lipinski definition) is 4. The summed E-state index contributed by atoms with van der Waals surface area (Å²) in [6.07, 6.45) is 8.60. The molecule has 4 heteroatoms. The Kier molecular flexibility index (Phi) is 4.62. The van der Waals surface area contributed by atoms with Crippen LogP contribution in [0.4, 0.5) is 5.69 Å². The standard InChI is InChI=1S/C31H24N4/c1-3-12-22(13-4-1)29-32-30(23-14-5-2-6-15-23)34-31(33-29)35-26-18-10-9-17-25(26)28-24-16-8-7-11-21(24)19-20-27(28)35/h1-20,25-26,29H,(H,32,33,34). The van der Waals surface area contributed by atoms with Crippen molar-refractivity contribution in [2.75, 3.05) is 4.90 Å². The minimum Gasteiger partial charge on any atom is -0.310 e. The lowest BCUT2D eigenvalue weighted by Crippen LogP contribution is -2.50. The highest BCUT2D eigenvalue weighted by Gasteiger charge is 2.41. The molecule has 0 bridgehead atoms. The fourth-order valence-corrected chi connectivity index (χ4v) is 5.45. The first-order valence-electron chi connectivity index (χ1n) is 12.1. The van der Waals surface area contributed by atoms with Gasteiger partial charge in [-0.1, -0.05) is 115 Å². The van der Waals surface area contributed by atoms with Gasteiger partial charge in [0.05, 0.1) is 6.04 Å². The van der Waals surface area contributed by atoms with E-state index in [4.69, 9.17) is 9.98 Å². The molecule has 0 radical (unpaired) electrons. The third-order valence-electron chi connectivity index (χ3n) is 7.04. The molecule has 3 aliphatic rings. The van der Waals surface area contributed by atoms with Gasteiger partial charge in [-0.25, -0.2) is 9.98 Å². The summed E-state index contributed by atoms with van der Waals surface area (Å²) < 4.78 is 0. The van der Waals surface area contributed by atoms with Crippen molar-refractivity contribution in [2.45, 2.75) is 18.1 Å². The van der Waals surface area contributed by atoms with Gasteiger partial charge >= 0.3 is 0 Å². The van der Waals surface area contributed by atoms with Gasteiger partial charge in [0.15, 0.2) is 6.17 Å². The summed E-state index contributed by atoms with van der Waals surface area (Å²) >= 11 is 0. The molecule has 0 amide bonds. The molecule has 35 heavy (non-hydrogen) atoms. The minimum atomic E-state index is -0.311. The summed E-state index contributed by atoms with van der Waals surface area (Å²) in [4.78, 5) is 12.5. The Bertz CT molecular complexity index is 1530. The van der Waals surface area contributed by atoms with Crippen molar-refractivity contribution < 1.29 is 0 Å². The lowest BCUT2D eigenvalue weighted by molar-refractivity contribution is 0.714. The molecule has 2 heterocycles. The highest BCUT2D eigenvalue weighted by molar-refractivity contribution is 6.16. The van der Waals surface area contributed by atoms with Crippen molar-refractivity contribution >= 4 is 28.3 Å². The Hall–Kier alpha value is -4.44. The maximum absolute atomic E-state index is 5.17. The average molecular weight is 453 g/mol. The predicted molar refractivity (Wildman–Crippen MR) is 144 cm³/mol. The highest BCUT2D eigenvalue weighted by Crippen LogP contribution is 2.47. The van der Waals surface area contributed by atoms with Gasteiger partial charge < -0.3 is 10.2 Å². The van der Waals surface area contributed by atoms with Crippen LogP contribution in [0.2, 0.25) is 0 Å². The fraction of sp³-hybridized carbons (Fsp3) is 0.0968. The molecule has 168 valence electrons. The molecule has 0 saturated carbocycles. The summed E-state index contributed by atoms with van der Waals surface area (Å²) in [5, 5.41) is 6.17. The van der Waals surface area contributed by atoms with Crippen LogP contribution in [0.15, 0.2) is 131 Å². The number of anilines is 1.